The Morgan fingerprint density at radius 3 is 2.74 bits per heavy atom. The number of rotatable bonds is 12. The van der Waals surface area contributed by atoms with E-state index < -0.39 is 0 Å². The maximum Gasteiger partial charge on any atom is 0.146 e. The quantitative estimate of drug-likeness (QED) is 0.105. The Morgan fingerprint density at radius 2 is 2.03 bits per heavy atom. The minimum atomic E-state index is 0.213. The number of aldehydes is 1. The van der Waals surface area contributed by atoms with E-state index in [0.29, 0.717) is 18.1 Å². The number of ether oxygens (including phenoxy) is 2. The predicted molar refractivity (Wildman–Crippen MR) is 125 cm³/mol. The third-order valence-electron chi connectivity index (χ3n) is 4.59. The van der Waals surface area contributed by atoms with Crippen molar-refractivity contribution in [3.05, 3.63) is 90.0 Å². The summed E-state index contributed by atoms with van der Waals surface area (Å²) in [5.41, 5.74) is 2.29. The summed E-state index contributed by atoms with van der Waals surface area (Å²) in [5, 5.41) is 4.27. The first-order valence-corrected chi connectivity index (χ1v) is 10.6. The molecule has 1 atom stereocenters. The van der Waals surface area contributed by atoms with Gasteiger partial charge in [-0.15, -0.1) is 0 Å². The minimum absolute atomic E-state index is 0.213. The molecule has 0 saturated carbocycles. The first-order valence-electron chi connectivity index (χ1n) is 10.6. The highest BCUT2D eigenvalue weighted by molar-refractivity contribution is 6.03. The van der Waals surface area contributed by atoms with Crippen LogP contribution in [0.2, 0.25) is 0 Å². The van der Waals surface area contributed by atoms with E-state index in [0.717, 1.165) is 36.0 Å². The summed E-state index contributed by atoms with van der Waals surface area (Å²) >= 11 is 0. The maximum atomic E-state index is 11.2. The summed E-state index contributed by atoms with van der Waals surface area (Å²) in [5.74, 6) is 1.67. The molecular formula is C26H31NO4. The van der Waals surface area contributed by atoms with Gasteiger partial charge in [-0.3, -0.25) is 4.79 Å². The normalized spacial score (nSPS) is 17.5. The number of para-hydroxylation sites is 1. The molecule has 0 bridgehead atoms. The molecule has 0 aromatic heterocycles. The van der Waals surface area contributed by atoms with Gasteiger partial charge in [-0.1, -0.05) is 55.4 Å². The van der Waals surface area contributed by atoms with E-state index in [1.165, 1.54) is 0 Å². The van der Waals surface area contributed by atoms with E-state index in [1.807, 2.05) is 81.5 Å². The number of hydrogen-bond acceptors (Lipinski definition) is 5. The van der Waals surface area contributed by atoms with Crippen molar-refractivity contribution < 1.29 is 19.1 Å². The van der Waals surface area contributed by atoms with Crippen LogP contribution in [0.15, 0.2) is 95.1 Å². The predicted octanol–water partition coefficient (Wildman–Crippen LogP) is 5.93. The lowest BCUT2D eigenvalue weighted by Gasteiger charge is -2.17. The molecule has 0 amide bonds. The summed E-state index contributed by atoms with van der Waals surface area (Å²) in [6.45, 7) is 6.76. The molecule has 0 aliphatic heterocycles. The Hall–Kier alpha value is -3.34. The first kappa shape index (κ1) is 23.9. The SMILES string of the molecule is C/C=C(\C=C/C=C/Oc1ccccc1)C(/COC1=CCC(C)C(C=O)=C1)=N/OCCC. The van der Waals surface area contributed by atoms with Crippen LogP contribution in [0.1, 0.15) is 33.6 Å². The number of nitrogens with zero attached hydrogens (tertiary/aromatic N) is 1. The van der Waals surface area contributed by atoms with Crippen molar-refractivity contribution in [3.63, 3.8) is 0 Å². The molecule has 0 N–H and O–H groups in total. The van der Waals surface area contributed by atoms with Crippen LogP contribution in [-0.4, -0.2) is 25.2 Å². The van der Waals surface area contributed by atoms with Crippen LogP contribution in [0.5, 0.6) is 5.75 Å². The fourth-order valence-corrected chi connectivity index (χ4v) is 2.75. The summed E-state index contributed by atoms with van der Waals surface area (Å²) in [4.78, 5) is 16.6. The topological polar surface area (TPSA) is 57.1 Å². The van der Waals surface area contributed by atoms with Crippen LogP contribution < -0.4 is 4.74 Å². The van der Waals surface area contributed by atoms with Gasteiger partial charge in [-0.25, -0.2) is 0 Å². The number of oxime groups is 1. The van der Waals surface area contributed by atoms with Gasteiger partial charge in [0.25, 0.3) is 0 Å². The highest BCUT2D eigenvalue weighted by atomic mass is 16.6. The van der Waals surface area contributed by atoms with Crippen LogP contribution in [-0.2, 0) is 14.4 Å². The Morgan fingerprint density at radius 1 is 1.23 bits per heavy atom. The number of hydrogen-bond donors (Lipinski definition) is 0. The van der Waals surface area contributed by atoms with Gasteiger partial charge in [-0.2, -0.15) is 0 Å². The second kappa shape index (κ2) is 13.8. The standard InChI is InChI=1S/C26H31NO4/c1-4-16-31-27-26(20-30-25-15-14-21(3)23(18-25)19-28)22(5-2)11-9-10-17-29-24-12-7-6-8-13-24/h5-13,15,17-19,21H,4,14,16,20H2,1-3H3/b11-9-,17-10+,22-5+,27-26+. The molecule has 0 heterocycles. The van der Waals surface area contributed by atoms with Crippen molar-refractivity contribution in [2.45, 2.75) is 33.6 Å². The fraction of sp³-hybridized carbons (Fsp3) is 0.308. The monoisotopic (exact) mass is 421 g/mol. The van der Waals surface area contributed by atoms with E-state index in [4.69, 9.17) is 14.3 Å². The Bertz CT molecular complexity index is 876. The summed E-state index contributed by atoms with van der Waals surface area (Å²) in [6, 6.07) is 9.57. The van der Waals surface area contributed by atoms with Crippen molar-refractivity contribution in [1.29, 1.82) is 0 Å². The lowest BCUT2D eigenvalue weighted by molar-refractivity contribution is -0.105. The van der Waals surface area contributed by atoms with E-state index in [1.54, 1.807) is 12.3 Å². The van der Waals surface area contributed by atoms with Crippen molar-refractivity contribution >= 4 is 12.0 Å². The molecule has 0 saturated heterocycles. The molecular weight excluding hydrogens is 390 g/mol. The van der Waals surface area contributed by atoms with Gasteiger partial charge in [0.05, 0.1) is 6.26 Å². The Labute approximate surface area is 185 Å². The van der Waals surface area contributed by atoms with Gasteiger partial charge in [0.15, 0.2) is 0 Å². The first-order chi connectivity index (χ1) is 15.2. The van der Waals surface area contributed by atoms with Crippen molar-refractivity contribution in [1.82, 2.24) is 0 Å². The van der Waals surface area contributed by atoms with Gasteiger partial charge in [0.2, 0.25) is 0 Å². The largest absolute Gasteiger partial charge is 0.487 e. The molecule has 2 rings (SSSR count). The number of allylic oxidation sites excluding steroid dienone is 7. The lowest BCUT2D eigenvalue weighted by atomic mass is 9.94. The highest BCUT2D eigenvalue weighted by Crippen LogP contribution is 2.23. The number of carbonyl (C=O) groups excluding carboxylic acids is 1. The molecule has 0 radical (unpaired) electrons. The average molecular weight is 422 g/mol. The van der Waals surface area contributed by atoms with Gasteiger partial charge < -0.3 is 14.3 Å². The lowest BCUT2D eigenvalue weighted by Crippen LogP contribution is -2.14. The number of carbonyl (C=O) groups is 1. The van der Waals surface area contributed by atoms with Gasteiger partial charge >= 0.3 is 0 Å². The fourth-order valence-electron chi connectivity index (χ4n) is 2.75. The number of benzene rings is 1. The van der Waals surface area contributed by atoms with Gasteiger partial charge in [-0.05, 0) is 67.2 Å². The maximum absolute atomic E-state index is 11.2. The van der Waals surface area contributed by atoms with Crippen LogP contribution in [0.4, 0.5) is 0 Å². The van der Waals surface area contributed by atoms with Crippen molar-refractivity contribution in [3.8, 4) is 5.75 Å². The molecule has 164 valence electrons. The van der Waals surface area contributed by atoms with Crippen LogP contribution in [0, 0.1) is 5.92 Å². The molecule has 0 fully saturated rings. The summed E-state index contributed by atoms with van der Waals surface area (Å²) < 4.78 is 11.5. The van der Waals surface area contributed by atoms with Crippen molar-refractivity contribution in [2.24, 2.45) is 11.1 Å². The summed E-state index contributed by atoms with van der Waals surface area (Å²) in [7, 11) is 0. The molecule has 1 aliphatic carbocycles. The van der Waals surface area contributed by atoms with E-state index >= 15 is 0 Å². The molecule has 0 spiro atoms. The Kier molecular flexibility index (Phi) is 10.7. The second-order valence-electron chi connectivity index (χ2n) is 7.03. The second-order valence-corrected chi connectivity index (χ2v) is 7.03. The summed E-state index contributed by atoms with van der Waals surface area (Å²) in [6.07, 6.45) is 15.5. The molecule has 1 unspecified atom stereocenters. The zero-order valence-corrected chi connectivity index (χ0v) is 18.5. The van der Waals surface area contributed by atoms with Crippen LogP contribution in [0.3, 0.4) is 0 Å². The molecule has 5 nitrogen and oxygen atoms in total. The van der Waals surface area contributed by atoms with Gasteiger partial charge in [0, 0.05) is 0 Å². The molecule has 5 heteroatoms. The zero-order valence-electron chi connectivity index (χ0n) is 18.5. The average Bonchev–Trinajstić information content (AvgIpc) is 2.80. The molecule has 1 aromatic rings. The zero-order chi connectivity index (χ0) is 22.3. The minimum Gasteiger partial charge on any atom is -0.487 e. The molecule has 1 aliphatic rings. The van der Waals surface area contributed by atoms with Crippen molar-refractivity contribution in [2.75, 3.05) is 13.2 Å². The third-order valence-corrected chi connectivity index (χ3v) is 4.59. The third kappa shape index (κ3) is 8.51. The smallest absolute Gasteiger partial charge is 0.146 e. The van der Waals surface area contributed by atoms with Gasteiger partial charge in [0.1, 0.15) is 36.7 Å². The van der Waals surface area contributed by atoms with E-state index in [9.17, 15) is 4.79 Å². The van der Waals surface area contributed by atoms with Crippen LogP contribution in [0.25, 0.3) is 0 Å². The Balaban J connectivity index is 2.02. The molecule has 1 aromatic carbocycles. The highest BCUT2D eigenvalue weighted by Gasteiger charge is 2.15. The van der Waals surface area contributed by atoms with Crippen LogP contribution >= 0.6 is 0 Å². The molecule has 31 heavy (non-hydrogen) atoms. The van der Waals surface area contributed by atoms with E-state index in [-0.39, 0.29) is 12.5 Å². The van der Waals surface area contributed by atoms with E-state index in [2.05, 4.69) is 5.16 Å².